The van der Waals surface area contributed by atoms with Gasteiger partial charge in [0.1, 0.15) is 0 Å². The minimum absolute atomic E-state index is 1.81. The summed E-state index contributed by atoms with van der Waals surface area (Å²) in [5.41, 5.74) is 0. The molecule has 1 radical (unpaired) electrons. The van der Waals surface area contributed by atoms with Crippen molar-refractivity contribution in [3.63, 3.8) is 0 Å². The van der Waals surface area contributed by atoms with Gasteiger partial charge >= 0.3 is 29.2 Å². The number of hydrogen-bond donors (Lipinski definition) is 0. The van der Waals surface area contributed by atoms with Crippen LogP contribution in [0.25, 0.3) is 0 Å². The van der Waals surface area contributed by atoms with Gasteiger partial charge in [0.05, 0.1) is 0 Å². The molecule has 0 rings (SSSR count). The molecule has 0 amide bonds. The van der Waals surface area contributed by atoms with E-state index in [1.807, 2.05) is 14.0 Å². The van der Waals surface area contributed by atoms with E-state index in [-0.39, 0.29) is 0 Å². The summed E-state index contributed by atoms with van der Waals surface area (Å²) >= 11 is 0. The SMILES string of the molecule is C[B]B=P. The predicted molar refractivity (Wildman–Crippen MR) is 25.7 cm³/mol. The molecule has 0 N–H and O–H groups in total. The van der Waals surface area contributed by atoms with Gasteiger partial charge in [0, 0.05) is 0 Å². The molecule has 0 saturated carbocycles. The van der Waals surface area contributed by atoms with Crippen molar-refractivity contribution in [1.29, 1.82) is 0 Å². The molecular weight excluding hydrogens is 64.6 g/mol. The Balaban J connectivity index is 2.30. The molecule has 0 aliphatic heterocycles. The maximum absolute atomic E-state index is 3.11. The molecule has 0 fully saturated rings. The fraction of sp³-hybridized carbons (Fsp3) is 1.00. The van der Waals surface area contributed by atoms with E-state index in [1.54, 1.807) is 6.51 Å². The van der Waals surface area contributed by atoms with Crippen LogP contribution in [0.1, 0.15) is 0 Å². The topological polar surface area (TPSA) is 0 Å². The van der Waals surface area contributed by atoms with Gasteiger partial charge in [0.15, 0.2) is 0 Å². The molecule has 3 heteroatoms. The fourth-order valence-corrected chi connectivity index (χ4v) is 0. The average Bonchev–Trinajstić information content (AvgIpc) is 1.37. The van der Waals surface area contributed by atoms with Crippen molar-refractivity contribution in [2.45, 2.75) is 6.82 Å². The average molecular weight is 68.6 g/mol. The monoisotopic (exact) mass is 69.0 g/mol. The van der Waals surface area contributed by atoms with Gasteiger partial charge in [-0.15, -0.1) is 0 Å². The zero-order chi connectivity index (χ0) is 3.41. The van der Waals surface area contributed by atoms with Crippen LogP contribution < -0.4 is 0 Å². The molecule has 0 aliphatic carbocycles. The van der Waals surface area contributed by atoms with E-state index < -0.39 is 0 Å². The molecule has 0 spiro atoms. The molecule has 0 atom stereocenters. The van der Waals surface area contributed by atoms with E-state index in [0.29, 0.717) is 0 Å². The molecule has 0 saturated heterocycles. The van der Waals surface area contributed by atoms with Gasteiger partial charge < -0.3 is 0 Å². The van der Waals surface area contributed by atoms with Crippen molar-refractivity contribution < 1.29 is 0 Å². The van der Waals surface area contributed by atoms with Gasteiger partial charge in [-0.2, -0.15) is 0 Å². The molecule has 19 valence electrons. The van der Waals surface area contributed by atoms with Crippen molar-refractivity contribution in [2.24, 2.45) is 0 Å². The van der Waals surface area contributed by atoms with Gasteiger partial charge in [-0.1, -0.05) is 0 Å². The van der Waals surface area contributed by atoms with Crippen LogP contribution in [0.4, 0.5) is 0 Å². The van der Waals surface area contributed by atoms with E-state index in [4.69, 9.17) is 0 Å². The van der Waals surface area contributed by atoms with Crippen LogP contribution in [0.3, 0.4) is 0 Å². The van der Waals surface area contributed by atoms with E-state index >= 15 is 0 Å². The Morgan fingerprint density at radius 3 is 2.00 bits per heavy atom. The molecule has 0 heterocycles. The quantitative estimate of drug-likeness (QED) is 0.309. The summed E-state index contributed by atoms with van der Waals surface area (Å²) in [6.45, 7) is 3.76. The van der Waals surface area contributed by atoms with Crippen molar-refractivity contribution >= 4 is 22.4 Å². The molecule has 0 unspecified atom stereocenters. The standard InChI is InChI=1S/CH4B2P/c1-2-3-4/h4H,1H3. The zero-order valence-corrected chi connectivity index (χ0v) is 3.65. The molecule has 0 bridgehead atoms. The third-order valence-electron chi connectivity index (χ3n) is 0.167. The van der Waals surface area contributed by atoms with E-state index in [1.165, 1.54) is 0 Å². The van der Waals surface area contributed by atoms with Crippen LogP contribution in [0.2, 0.25) is 6.82 Å². The van der Waals surface area contributed by atoms with Crippen molar-refractivity contribution in [1.82, 2.24) is 0 Å². The summed E-state index contributed by atoms with van der Waals surface area (Å²) < 4.78 is 0. The Kier molecular flexibility index (Phi) is 3.80. The summed E-state index contributed by atoms with van der Waals surface area (Å²) in [5.74, 6) is 0. The van der Waals surface area contributed by atoms with Gasteiger partial charge in [0.25, 0.3) is 0 Å². The van der Waals surface area contributed by atoms with Crippen LogP contribution >= 0.6 is 8.73 Å². The maximum atomic E-state index is 3.11. The first-order valence-electron chi connectivity index (χ1n) is 1.20. The molecule has 0 aromatic carbocycles. The van der Waals surface area contributed by atoms with Gasteiger partial charge in [-0.3, -0.25) is 0 Å². The first-order valence-corrected chi connectivity index (χ1v) is 1.78. The fourth-order valence-electron chi connectivity index (χ4n) is 0. The Labute approximate surface area is 30.2 Å². The van der Waals surface area contributed by atoms with Crippen molar-refractivity contribution in [3.8, 4) is 0 Å². The first-order chi connectivity index (χ1) is 1.91. The summed E-state index contributed by atoms with van der Waals surface area (Å²) in [4.78, 5) is 0. The molecule has 0 aromatic heterocycles. The van der Waals surface area contributed by atoms with Gasteiger partial charge in [0.2, 0.25) is 0 Å². The van der Waals surface area contributed by atoms with Crippen molar-refractivity contribution in [2.75, 3.05) is 0 Å². The summed E-state index contributed by atoms with van der Waals surface area (Å²) in [7, 11) is 5.02. The molecular formula is CH4B2P. The predicted octanol–water partition coefficient (Wildman–Crippen LogP) is 0.416. The Morgan fingerprint density at radius 1 is 1.75 bits per heavy atom. The first kappa shape index (κ1) is 4.43. The van der Waals surface area contributed by atoms with E-state index in [0.717, 1.165) is 0 Å². The van der Waals surface area contributed by atoms with Crippen LogP contribution in [0.15, 0.2) is 0 Å². The third kappa shape index (κ3) is 2.43. The number of rotatable bonds is 1. The summed E-state index contributed by atoms with van der Waals surface area (Å²) in [6.07, 6.45) is 0. The van der Waals surface area contributed by atoms with Gasteiger partial charge in [-0.25, -0.2) is 0 Å². The van der Waals surface area contributed by atoms with E-state index in [2.05, 4.69) is 8.73 Å². The number of hydrogen-bond acceptors (Lipinski definition) is 0. The second-order valence-electron chi connectivity index (χ2n) is 0.500. The van der Waals surface area contributed by atoms with Crippen LogP contribution in [-0.4, -0.2) is 13.7 Å². The van der Waals surface area contributed by atoms with Crippen LogP contribution in [-0.2, 0) is 0 Å². The third-order valence-corrected chi connectivity index (χ3v) is 0.500. The normalized spacial score (nSPS) is 4.25. The van der Waals surface area contributed by atoms with Crippen LogP contribution in [0, 0.1) is 0 Å². The second kappa shape index (κ2) is 3.43. The van der Waals surface area contributed by atoms with Crippen LogP contribution in [0.5, 0.6) is 0 Å². The summed E-state index contributed by atoms with van der Waals surface area (Å²) in [5, 5.41) is 0. The Morgan fingerprint density at radius 2 is 2.00 bits per heavy atom. The molecule has 0 aromatic rings. The summed E-state index contributed by atoms with van der Waals surface area (Å²) in [6, 6.07) is 0. The Bertz CT molecular complexity index is 20.0. The van der Waals surface area contributed by atoms with Gasteiger partial charge in [-0.05, 0) is 0 Å². The zero-order valence-electron chi connectivity index (χ0n) is 2.65. The Hall–Kier alpha value is 0.430. The van der Waals surface area contributed by atoms with E-state index in [9.17, 15) is 0 Å². The second-order valence-corrected chi connectivity index (χ2v) is 0.833. The molecule has 4 heavy (non-hydrogen) atoms. The molecule has 0 nitrogen and oxygen atoms in total. The minimum atomic E-state index is 1.81. The van der Waals surface area contributed by atoms with Crippen molar-refractivity contribution in [3.05, 3.63) is 0 Å². The molecule has 0 aliphatic rings.